The zero-order chi connectivity index (χ0) is 18.9. The molecule has 9 heteroatoms. The van der Waals surface area contributed by atoms with E-state index < -0.39 is 11.9 Å². The van der Waals surface area contributed by atoms with Gasteiger partial charge < -0.3 is 19.5 Å². The zero-order valence-corrected chi connectivity index (χ0v) is 16.6. The van der Waals surface area contributed by atoms with E-state index in [-0.39, 0.29) is 12.4 Å². The Balaban J connectivity index is 1.71. The topological polar surface area (TPSA) is 73.9 Å². The predicted molar refractivity (Wildman–Crippen MR) is 105 cm³/mol. The maximum Gasteiger partial charge on any atom is 0.316 e. The predicted octanol–water partition coefficient (Wildman–Crippen LogP) is 3.83. The number of methoxy groups -OCH3 is 2. The molecule has 1 amide bonds. The zero-order valence-electron chi connectivity index (χ0n) is 14.2. The van der Waals surface area contributed by atoms with E-state index >= 15 is 0 Å². The number of rotatable bonds is 9. The fraction of sp³-hybridized carbons (Fsp3) is 0.294. The second kappa shape index (κ2) is 10.3. The molecule has 2 rings (SSSR count). The Kier molecular flexibility index (Phi) is 8.08. The van der Waals surface area contributed by atoms with Crippen LogP contribution >= 0.6 is 34.7 Å². The molecule has 0 bridgehead atoms. The molecule has 0 spiro atoms. The van der Waals surface area contributed by atoms with Crippen LogP contribution in [0.4, 0.5) is 5.69 Å². The number of nitrogens with one attached hydrogen (secondary N) is 1. The van der Waals surface area contributed by atoms with E-state index in [2.05, 4.69) is 5.32 Å². The quantitative estimate of drug-likeness (QED) is 0.627. The first-order valence-electron chi connectivity index (χ1n) is 7.51. The normalized spacial score (nSPS) is 10.3. The molecule has 0 saturated heterocycles. The Labute approximate surface area is 164 Å². The summed E-state index contributed by atoms with van der Waals surface area (Å²) in [5, 5.41) is 2.64. The highest BCUT2D eigenvalue weighted by atomic mass is 35.5. The van der Waals surface area contributed by atoms with Crippen LogP contribution < -0.4 is 14.8 Å². The fourth-order valence-electron chi connectivity index (χ4n) is 1.96. The van der Waals surface area contributed by atoms with Gasteiger partial charge >= 0.3 is 5.97 Å². The number of carbonyl (C=O) groups excluding carboxylic acids is 2. The van der Waals surface area contributed by atoms with Gasteiger partial charge in [0.05, 0.1) is 24.3 Å². The number of amides is 1. The van der Waals surface area contributed by atoms with Crippen molar-refractivity contribution in [1.82, 2.24) is 0 Å². The summed E-state index contributed by atoms with van der Waals surface area (Å²) < 4.78 is 16.0. The summed E-state index contributed by atoms with van der Waals surface area (Å²) in [6.45, 7) is -0.349. The van der Waals surface area contributed by atoms with Gasteiger partial charge in [0, 0.05) is 22.4 Å². The molecule has 0 aliphatic heterocycles. The molecule has 1 heterocycles. The molecule has 26 heavy (non-hydrogen) atoms. The molecule has 0 unspecified atom stereocenters. The molecular weight excluding hydrogens is 398 g/mol. The van der Waals surface area contributed by atoms with E-state index in [0.717, 1.165) is 9.21 Å². The van der Waals surface area contributed by atoms with Crippen molar-refractivity contribution in [3.63, 3.8) is 0 Å². The van der Waals surface area contributed by atoms with Crippen molar-refractivity contribution in [1.29, 1.82) is 0 Å². The Morgan fingerprint density at radius 1 is 1.15 bits per heavy atom. The Morgan fingerprint density at radius 3 is 2.58 bits per heavy atom. The van der Waals surface area contributed by atoms with Crippen LogP contribution in [0.5, 0.6) is 11.5 Å². The lowest BCUT2D eigenvalue weighted by atomic mass is 10.2. The highest BCUT2D eigenvalue weighted by Gasteiger charge is 2.10. The van der Waals surface area contributed by atoms with Crippen molar-refractivity contribution in [2.45, 2.75) is 5.75 Å². The van der Waals surface area contributed by atoms with Gasteiger partial charge in [-0.25, -0.2) is 0 Å². The molecule has 0 atom stereocenters. The Hall–Kier alpha value is -1.90. The summed E-state index contributed by atoms with van der Waals surface area (Å²) in [5.41, 5.74) is 0.521. The SMILES string of the molecule is COc1ccc(NC(=O)COC(=O)CSCc2ccc(Cl)s2)cc1OC. The third-order valence-corrected chi connectivity index (χ3v) is 5.49. The molecule has 0 aliphatic carbocycles. The van der Waals surface area contributed by atoms with Crippen molar-refractivity contribution >= 4 is 52.3 Å². The number of carbonyl (C=O) groups is 2. The van der Waals surface area contributed by atoms with Gasteiger partial charge in [-0.05, 0) is 24.3 Å². The van der Waals surface area contributed by atoms with Gasteiger partial charge in [0.15, 0.2) is 18.1 Å². The minimum atomic E-state index is -0.444. The van der Waals surface area contributed by atoms with Crippen LogP contribution in [-0.2, 0) is 20.1 Å². The highest BCUT2D eigenvalue weighted by Crippen LogP contribution is 2.29. The van der Waals surface area contributed by atoms with Gasteiger partial charge in [-0.2, -0.15) is 0 Å². The van der Waals surface area contributed by atoms with Gasteiger partial charge in [-0.3, -0.25) is 9.59 Å². The number of thioether (sulfide) groups is 1. The molecule has 0 saturated carbocycles. The summed E-state index contributed by atoms with van der Waals surface area (Å²) in [6, 6.07) is 8.71. The molecule has 2 aromatic rings. The van der Waals surface area contributed by atoms with Crippen LogP contribution in [0.15, 0.2) is 30.3 Å². The molecular formula is C17H18ClNO5S2. The van der Waals surface area contributed by atoms with E-state index in [1.165, 1.54) is 37.3 Å². The van der Waals surface area contributed by atoms with E-state index in [1.807, 2.05) is 12.1 Å². The maximum absolute atomic E-state index is 11.9. The smallest absolute Gasteiger partial charge is 0.316 e. The number of halogens is 1. The minimum absolute atomic E-state index is 0.166. The monoisotopic (exact) mass is 415 g/mol. The van der Waals surface area contributed by atoms with E-state index in [0.29, 0.717) is 22.9 Å². The second-order valence-electron chi connectivity index (χ2n) is 4.98. The van der Waals surface area contributed by atoms with Crippen LogP contribution in [0.25, 0.3) is 0 Å². The Bertz CT molecular complexity index is 765. The summed E-state index contributed by atoms with van der Waals surface area (Å²) >= 11 is 8.73. The van der Waals surface area contributed by atoms with Crippen LogP contribution in [0.1, 0.15) is 4.88 Å². The number of hydrogen-bond acceptors (Lipinski definition) is 7. The Morgan fingerprint density at radius 2 is 1.92 bits per heavy atom. The lowest BCUT2D eigenvalue weighted by Crippen LogP contribution is -2.21. The molecule has 1 N–H and O–H groups in total. The third-order valence-electron chi connectivity index (χ3n) is 3.12. The lowest BCUT2D eigenvalue weighted by molar-refractivity contribution is -0.144. The van der Waals surface area contributed by atoms with Crippen molar-refractivity contribution in [3.8, 4) is 11.5 Å². The van der Waals surface area contributed by atoms with Gasteiger partial charge in [0.2, 0.25) is 0 Å². The average Bonchev–Trinajstić information content (AvgIpc) is 3.05. The molecule has 1 aromatic carbocycles. The van der Waals surface area contributed by atoms with Gasteiger partial charge in [-0.15, -0.1) is 23.1 Å². The fourth-order valence-corrected chi connectivity index (χ4v) is 3.98. The standard InChI is InChI=1S/C17H18ClNO5S2/c1-22-13-5-3-11(7-14(13)23-2)19-16(20)8-24-17(21)10-25-9-12-4-6-15(18)26-12/h3-7H,8-10H2,1-2H3,(H,19,20). The summed E-state index contributed by atoms with van der Waals surface area (Å²) in [7, 11) is 3.04. The number of hydrogen-bond donors (Lipinski definition) is 1. The second-order valence-corrected chi connectivity index (χ2v) is 7.76. The van der Waals surface area contributed by atoms with Gasteiger partial charge in [0.25, 0.3) is 5.91 Å². The van der Waals surface area contributed by atoms with Gasteiger partial charge in [-0.1, -0.05) is 11.6 Å². The molecule has 140 valence electrons. The van der Waals surface area contributed by atoms with Crippen molar-refractivity contribution in [2.75, 3.05) is 31.9 Å². The van der Waals surface area contributed by atoms with Crippen molar-refractivity contribution in [2.24, 2.45) is 0 Å². The lowest BCUT2D eigenvalue weighted by Gasteiger charge is -2.10. The number of anilines is 1. The van der Waals surface area contributed by atoms with E-state index in [1.54, 1.807) is 18.2 Å². The summed E-state index contributed by atoms with van der Waals surface area (Å²) in [5.74, 6) is 1.01. The van der Waals surface area contributed by atoms with Crippen molar-refractivity contribution < 1.29 is 23.8 Å². The largest absolute Gasteiger partial charge is 0.493 e. The van der Waals surface area contributed by atoms with Crippen LogP contribution in [0, 0.1) is 0 Å². The average molecular weight is 416 g/mol. The summed E-state index contributed by atoms with van der Waals surface area (Å²) in [6.07, 6.45) is 0. The van der Waals surface area contributed by atoms with Crippen LogP contribution in [0.3, 0.4) is 0 Å². The number of ether oxygens (including phenoxy) is 3. The molecule has 0 aliphatic rings. The van der Waals surface area contributed by atoms with Crippen molar-refractivity contribution in [3.05, 3.63) is 39.5 Å². The third kappa shape index (κ3) is 6.44. The van der Waals surface area contributed by atoms with E-state index in [9.17, 15) is 9.59 Å². The number of esters is 1. The van der Waals surface area contributed by atoms with Crippen LogP contribution in [-0.4, -0.2) is 38.5 Å². The van der Waals surface area contributed by atoms with E-state index in [4.69, 9.17) is 25.8 Å². The summed E-state index contributed by atoms with van der Waals surface area (Å²) in [4.78, 5) is 24.7. The van der Waals surface area contributed by atoms with Gasteiger partial charge in [0.1, 0.15) is 0 Å². The number of thiophene rings is 1. The molecule has 1 aromatic heterocycles. The molecule has 0 radical (unpaired) electrons. The first-order valence-corrected chi connectivity index (χ1v) is 9.86. The number of benzene rings is 1. The first-order chi connectivity index (χ1) is 12.5. The minimum Gasteiger partial charge on any atom is -0.493 e. The van der Waals surface area contributed by atoms with Crippen LogP contribution in [0.2, 0.25) is 4.34 Å². The maximum atomic E-state index is 11.9. The molecule has 0 fully saturated rings. The molecule has 6 nitrogen and oxygen atoms in total. The first kappa shape index (κ1) is 20.4. The highest BCUT2D eigenvalue weighted by molar-refractivity contribution is 7.99.